The fourth-order valence-corrected chi connectivity index (χ4v) is 3.15. The van der Waals surface area contributed by atoms with Gasteiger partial charge in [-0.15, -0.1) is 0 Å². The van der Waals surface area contributed by atoms with E-state index in [1.165, 1.54) is 36.1 Å². The number of hydrogen-bond donors (Lipinski definition) is 0. The lowest BCUT2D eigenvalue weighted by Crippen LogP contribution is -2.22. The summed E-state index contributed by atoms with van der Waals surface area (Å²) in [6.07, 6.45) is 2.80. The second kappa shape index (κ2) is 10.4. The van der Waals surface area contributed by atoms with Crippen molar-refractivity contribution in [1.29, 1.82) is 0 Å². The van der Waals surface area contributed by atoms with Crippen LogP contribution in [0.15, 0.2) is 54.6 Å². The van der Waals surface area contributed by atoms with Gasteiger partial charge in [-0.05, 0) is 58.0 Å². The quantitative estimate of drug-likeness (QED) is 0.747. The molecule has 1 atom stereocenters. The van der Waals surface area contributed by atoms with Crippen LogP contribution in [0.4, 0.5) is 0 Å². The van der Waals surface area contributed by atoms with Gasteiger partial charge in [0.1, 0.15) is 0 Å². The predicted molar refractivity (Wildman–Crippen MR) is 109 cm³/mol. The van der Waals surface area contributed by atoms with E-state index in [2.05, 4.69) is 92.2 Å². The van der Waals surface area contributed by atoms with Crippen molar-refractivity contribution < 1.29 is 0 Å². The number of rotatable bonds is 5. The standard InChI is InChI=1S/C17H21N.C6H13N/c1-3-18(13-16-7-5-4-6-8-16)14-17-11-9-15(2)10-12-17;1-6-4-3-5-7(6)2/h4-12H,3,13-14H2,1-2H3;6H,3-5H2,1-2H3. The second-order valence-electron chi connectivity index (χ2n) is 7.25. The maximum absolute atomic E-state index is 2.46. The minimum Gasteiger partial charge on any atom is -0.304 e. The molecular formula is C23H34N2. The molecule has 1 aliphatic heterocycles. The van der Waals surface area contributed by atoms with Crippen molar-refractivity contribution >= 4 is 0 Å². The summed E-state index contributed by atoms with van der Waals surface area (Å²) in [7, 11) is 2.19. The summed E-state index contributed by atoms with van der Waals surface area (Å²) >= 11 is 0. The van der Waals surface area contributed by atoms with Gasteiger partial charge in [0.15, 0.2) is 0 Å². The first-order chi connectivity index (χ1) is 12.1. The molecule has 0 aliphatic carbocycles. The highest BCUT2D eigenvalue weighted by molar-refractivity contribution is 5.21. The van der Waals surface area contributed by atoms with Crippen LogP contribution in [0.1, 0.15) is 43.4 Å². The number of likely N-dealkylation sites (tertiary alicyclic amines) is 1. The minimum atomic E-state index is 0.847. The van der Waals surface area contributed by atoms with Gasteiger partial charge in [-0.25, -0.2) is 0 Å². The number of aryl methyl sites for hydroxylation is 1. The number of nitrogens with zero attached hydrogens (tertiary/aromatic N) is 2. The first-order valence-electron chi connectivity index (χ1n) is 9.60. The molecule has 0 amide bonds. The van der Waals surface area contributed by atoms with Gasteiger partial charge in [-0.3, -0.25) is 4.90 Å². The average molecular weight is 339 g/mol. The third kappa shape index (κ3) is 7.01. The molecule has 1 unspecified atom stereocenters. The van der Waals surface area contributed by atoms with Crippen molar-refractivity contribution in [3.63, 3.8) is 0 Å². The zero-order valence-corrected chi connectivity index (χ0v) is 16.4. The molecule has 25 heavy (non-hydrogen) atoms. The van der Waals surface area contributed by atoms with Crippen LogP contribution in [0, 0.1) is 6.92 Å². The molecule has 0 spiro atoms. The van der Waals surface area contributed by atoms with Gasteiger partial charge in [-0.1, -0.05) is 67.1 Å². The molecule has 0 radical (unpaired) electrons. The Morgan fingerprint density at radius 1 is 0.960 bits per heavy atom. The fraction of sp³-hybridized carbons (Fsp3) is 0.478. The summed E-state index contributed by atoms with van der Waals surface area (Å²) in [5.41, 5.74) is 4.09. The Bertz CT molecular complexity index is 583. The molecule has 2 heteroatoms. The Hall–Kier alpha value is -1.64. The summed E-state index contributed by atoms with van der Waals surface area (Å²) in [6.45, 7) is 11.1. The fourth-order valence-electron chi connectivity index (χ4n) is 3.15. The molecule has 136 valence electrons. The largest absolute Gasteiger partial charge is 0.304 e. The van der Waals surface area contributed by atoms with E-state index in [9.17, 15) is 0 Å². The maximum atomic E-state index is 2.46. The molecule has 1 aliphatic rings. The summed E-state index contributed by atoms with van der Waals surface area (Å²) in [5.74, 6) is 0. The van der Waals surface area contributed by atoms with Crippen LogP contribution in [0.3, 0.4) is 0 Å². The van der Waals surface area contributed by atoms with Gasteiger partial charge in [0.25, 0.3) is 0 Å². The zero-order valence-electron chi connectivity index (χ0n) is 16.4. The summed E-state index contributed by atoms with van der Waals surface area (Å²) in [4.78, 5) is 4.86. The first kappa shape index (κ1) is 19.7. The molecule has 0 aromatic heterocycles. The summed E-state index contributed by atoms with van der Waals surface area (Å²) < 4.78 is 0. The van der Waals surface area contributed by atoms with E-state index in [0.29, 0.717) is 0 Å². The maximum Gasteiger partial charge on any atom is 0.0237 e. The minimum absolute atomic E-state index is 0.847. The Balaban J connectivity index is 0.000000269. The van der Waals surface area contributed by atoms with E-state index in [0.717, 1.165) is 25.7 Å². The van der Waals surface area contributed by atoms with Gasteiger partial charge in [-0.2, -0.15) is 0 Å². The van der Waals surface area contributed by atoms with Crippen LogP contribution in [-0.4, -0.2) is 36.0 Å². The summed E-state index contributed by atoms with van der Waals surface area (Å²) in [5, 5.41) is 0. The van der Waals surface area contributed by atoms with Crippen molar-refractivity contribution in [2.45, 2.75) is 52.7 Å². The Kier molecular flexibility index (Phi) is 8.17. The van der Waals surface area contributed by atoms with Crippen molar-refractivity contribution in [1.82, 2.24) is 9.80 Å². The molecule has 1 heterocycles. The average Bonchev–Trinajstić information content (AvgIpc) is 3.01. The highest BCUT2D eigenvalue weighted by Gasteiger charge is 2.14. The first-order valence-corrected chi connectivity index (χ1v) is 9.60. The molecule has 1 saturated heterocycles. The van der Waals surface area contributed by atoms with Crippen LogP contribution in [0.5, 0.6) is 0 Å². The van der Waals surface area contributed by atoms with Crippen molar-refractivity contribution in [3.8, 4) is 0 Å². The number of hydrogen-bond acceptors (Lipinski definition) is 2. The van der Waals surface area contributed by atoms with Crippen molar-refractivity contribution in [2.24, 2.45) is 0 Å². The van der Waals surface area contributed by atoms with Crippen molar-refractivity contribution in [2.75, 3.05) is 20.1 Å². The molecule has 2 nitrogen and oxygen atoms in total. The smallest absolute Gasteiger partial charge is 0.0237 e. The molecule has 3 rings (SSSR count). The molecule has 2 aromatic carbocycles. The lowest BCUT2D eigenvalue weighted by molar-refractivity contribution is 0.271. The van der Waals surface area contributed by atoms with Gasteiger partial charge >= 0.3 is 0 Å². The van der Waals surface area contributed by atoms with Crippen LogP contribution in [0.25, 0.3) is 0 Å². The van der Waals surface area contributed by atoms with Crippen LogP contribution >= 0.6 is 0 Å². The number of benzene rings is 2. The third-order valence-electron chi connectivity index (χ3n) is 5.11. The van der Waals surface area contributed by atoms with Gasteiger partial charge in [0, 0.05) is 19.1 Å². The van der Waals surface area contributed by atoms with Gasteiger partial charge < -0.3 is 4.90 Å². The van der Waals surface area contributed by atoms with E-state index >= 15 is 0 Å². The monoisotopic (exact) mass is 338 g/mol. The normalized spacial score (nSPS) is 17.4. The zero-order chi connectivity index (χ0) is 18.1. The molecule has 2 aromatic rings. The van der Waals surface area contributed by atoms with Gasteiger partial charge in [0.2, 0.25) is 0 Å². The summed E-state index contributed by atoms with van der Waals surface area (Å²) in [6, 6.07) is 20.3. The highest BCUT2D eigenvalue weighted by Crippen LogP contribution is 2.12. The Morgan fingerprint density at radius 3 is 2.00 bits per heavy atom. The lowest BCUT2D eigenvalue weighted by atomic mass is 10.1. The van der Waals surface area contributed by atoms with E-state index in [-0.39, 0.29) is 0 Å². The Morgan fingerprint density at radius 2 is 1.56 bits per heavy atom. The van der Waals surface area contributed by atoms with Crippen molar-refractivity contribution in [3.05, 3.63) is 71.3 Å². The topological polar surface area (TPSA) is 6.48 Å². The van der Waals surface area contributed by atoms with Crippen LogP contribution in [0.2, 0.25) is 0 Å². The molecule has 1 fully saturated rings. The SMILES string of the molecule is CC1CCCN1C.CCN(Cc1ccccc1)Cc1ccc(C)cc1. The Labute approximate surface area is 154 Å². The third-order valence-corrected chi connectivity index (χ3v) is 5.11. The second-order valence-corrected chi connectivity index (χ2v) is 7.25. The van der Waals surface area contributed by atoms with Gasteiger partial charge in [0.05, 0.1) is 0 Å². The molecule has 0 saturated carbocycles. The van der Waals surface area contributed by atoms with Crippen LogP contribution in [-0.2, 0) is 13.1 Å². The van der Waals surface area contributed by atoms with E-state index in [1.807, 2.05) is 0 Å². The van der Waals surface area contributed by atoms with Crippen LogP contribution < -0.4 is 0 Å². The molecular weight excluding hydrogens is 304 g/mol. The highest BCUT2D eigenvalue weighted by atomic mass is 15.1. The lowest BCUT2D eigenvalue weighted by Gasteiger charge is -2.20. The molecule has 0 N–H and O–H groups in total. The van der Waals surface area contributed by atoms with E-state index in [1.54, 1.807) is 0 Å². The molecule has 0 bridgehead atoms. The van der Waals surface area contributed by atoms with E-state index < -0.39 is 0 Å². The van der Waals surface area contributed by atoms with E-state index in [4.69, 9.17) is 0 Å². The predicted octanol–water partition coefficient (Wildman–Crippen LogP) is 5.12.